The van der Waals surface area contributed by atoms with Crippen LogP contribution >= 0.6 is 11.6 Å². The summed E-state index contributed by atoms with van der Waals surface area (Å²) in [7, 11) is 0. The molecule has 1 atom stereocenters. The molecule has 1 aromatic carbocycles. The molecule has 1 heterocycles. The summed E-state index contributed by atoms with van der Waals surface area (Å²) in [5, 5.41) is 17.6. The Kier molecular flexibility index (Phi) is 4.97. The van der Waals surface area contributed by atoms with Crippen molar-refractivity contribution in [2.24, 2.45) is 5.16 Å². The Morgan fingerprint density at radius 2 is 2.45 bits per heavy atom. The van der Waals surface area contributed by atoms with Gasteiger partial charge < -0.3 is 9.94 Å². The van der Waals surface area contributed by atoms with Crippen LogP contribution in [0.3, 0.4) is 0 Å². The minimum Gasteiger partial charge on any atom is -0.426 e. The van der Waals surface area contributed by atoms with E-state index in [0.717, 1.165) is 6.42 Å². The summed E-state index contributed by atoms with van der Waals surface area (Å²) in [5.74, 6) is 0. The van der Waals surface area contributed by atoms with Crippen LogP contribution in [0.25, 0.3) is 0 Å². The first-order chi connectivity index (χ1) is 9.69. The van der Waals surface area contributed by atoms with Crippen LogP contribution in [-0.4, -0.2) is 30.3 Å². The highest BCUT2D eigenvalue weighted by Gasteiger charge is 2.20. The van der Waals surface area contributed by atoms with Gasteiger partial charge in [0.1, 0.15) is 0 Å². The SMILES string of the molecule is O=C(Nc1cccc(Cl)c1)OC1NCCC=C1C=NO. The van der Waals surface area contributed by atoms with E-state index < -0.39 is 12.3 Å². The second kappa shape index (κ2) is 6.93. The largest absolute Gasteiger partial charge is 0.426 e. The molecule has 1 aliphatic rings. The van der Waals surface area contributed by atoms with E-state index in [9.17, 15) is 4.79 Å². The van der Waals surface area contributed by atoms with E-state index in [1.54, 1.807) is 24.3 Å². The summed E-state index contributed by atoms with van der Waals surface area (Å²) in [6, 6.07) is 6.75. The summed E-state index contributed by atoms with van der Waals surface area (Å²) < 4.78 is 5.23. The first-order valence-electron chi connectivity index (χ1n) is 6.03. The molecule has 106 valence electrons. The van der Waals surface area contributed by atoms with Crippen LogP contribution in [0.4, 0.5) is 10.5 Å². The summed E-state index contributed by atoms with van der Waals surface area (Å²) in [6.07, 6.45) is 2.59. The second-order valence-electron chi connectivity index (χ2n) is 4.11. The summed E-state index contributed by atoms with van der Waals surface area (Å²) in [5.41, 5.74) is 1.14. The molecule has 0 radical (unpaired) electrons. The lowest BCUT2D eigenvalue weighted by molar-refractivity contribution is 0.111. The molecule has 7 heteroatoms. The van der Waals surface area contributed by atoms with Gasteiger partial charge in [-0.15, -0.1) is 0 Å². The maximum absolute atomic E-state index is 11.8. The van der Waals surface area contributed by atoms with Crippen molar-refractivity contribution in [2.45, 2.75) is 12.6 Å². The number of halogens is 1. The fourth-order valence-corrected chi connectivity index (χ4v) is 1.99. The number of hydrogen-bond donors (Lipinski definition) is 3. The first-order valence-corrected chi connectivity index (χ1v) is 6.41. The van der Waals surface area contributed by atoms with Crippen molar-refractivity contribution in [2.75, 3.05) is 11.9 Å². The lowest BCUT2D eigenvalue weighted by Gasteiger charge is -2.23. The number of ether oxygens (including phenoxy) is 1. The molecule has 0 aromatic heterocycles. The molecule has 3 N–H and O–H groups in total. The zero-order valence-corrected chi connectivity index (χ0v) is 11.3. The summed E-state index contributed by atoms with van der Waals surface area (Å²) >= 11 is 5.83. The fraction of sp³-hybridized carbons (Fsp3) is 0.231. The molecule has 0 saturated heterocycles. The standard InChI is InChI=1S/C13H14ClN3O3/c14-10-4-1-5-11(7-10)17-13(18)20-12-9(8-16-19)3-2-6-15-12/h1,3-5,7-8,12,15,19H,2,6H2,(H,17,18). The van der Waals surface area contributed by atoms with Crippen molar-refractivity contribution >= 4 is 29.6 Å². The van der Waals surface area contributed by atoms with Crippen molar-refractivity contribution in [3.05, 3.63) is 40.9 Å². The molecule has 1 amide bonds. The van der Waals surface area contributed by atoms with Crippen LogP contribution in [0.5, 0.6) is 0 Å². The zero-order chi connectivity index (χ0) is 14.4. The smallest absolute Gasteiger partial charge is 0.413 e. The number of rotatable bonds is 3. The molecule has 0 saturated carbocycles. The lowest BCUT2D eigenvalue weighted by atomic mass is 10.1. The quantitative estimate of drug-likeness (QED) is 0.455. The van der Waals surface area contributed by atoms with Gasteiger partial charge in [-0.05, 0) is 24.6 Å². The molecule has 1 aromatic rings. The molecule has 0 spiro atoms. The molecule has 0 aliphatic carbocycles. The van der Waals surface area contributed by atoms with Crippen LogP contribution in [0.15, 0.2) is 41.1 Å². The van der Waals surface area contributed by atoms with E-state index in [1.807, 2.05) is 6.08 Å². The van der Waals surface area contributed by atoms with Gasteiger partial charge in [-0.25, -0.2) is 4.79 Å². The summed E-state index contributed by atoms with van der Waals surface area (Å²) in [6.45, 7) is 0.678. The average Bonchev–Trinajstić information content (AvgIpc) is 2.41. The molecule has 6 nitrogen and oxygen atoms in total. The van der Waals surface area contributed by atoms with Crippen molar-refractivity contribution in [1.82, 2.24) is 5.32 Å². The highest BCUT2D eigenvalue weighted by molar-refractivity contribution is 6.30. The molecule has 20 heavy (non-hydrogen) atoms. The van der Waals surface area contributed by atoms with Gasteiger partial charge in [0.15, 0.2) is 6.23 Å². The van der Waals surface area contributed by atoms with E-state index in [0.29, 0.717) is 22.8 Å². The third-order valence-corrected chi connectivity index (χ3v) is 2.89. The van der Waals surface area contributed by atoms with E-state index in [-0.39, 0.29) is 0 Å². The Morgan fingerprint density at radius 1 is 1.60 bits per heavy atom. The molecule has 1 unspecified atom stereocenters. The molecule has 1 aliphatic heterocycles. The fourth-order valence-electron chi connectivity index (χ4n) is 1.80. The third-order valence-electron chi connectivity index (χ3n) is 2.66. The average molecular weight is 296 g/mol. The molecule has 0 bridgehead atoms. The van der Waals surface area contributed by atoms with E-state index in [4.69, 9.17) is 21.5 Å². The Hall–Kier alpha value is -2.05. The van der Waals surface area contributed by atoms with Gasteiger partial charge in [0.05, 0.1) is 6.21 Å². The van der Waals surface area contributed by atoms with Gasteiger partial charge in [0.2, 0.25) is 0 Å². The van der Waals surface area contributed by atoms with Crippen molar-refractivity contribution in [3.8, 4) is 0 Å². The van der Waals surface area contributed by atoms with Gasteiger partial charge in [0, 0.05) is 22.8 Å². The Bertz CT molecular complexity index is 545. The predicted molar refractivity (Wildman–Crippen MR) is 76.3 cm³/mol. The molecule has 0 fully saturated rings. The topological polar surface area (TPSA) is 83.0 Å². The normalized spacial score (nSPS) is 18.6. The number of anilines is 1. The van der Waals surface area contributed by atoms with E-state index in [2.05, 4.69) is 15.8 Å². The van der Waals surface area contributed by atoms with Gasteiger partial charge in [-0.1, -0.05) is 28.9 Å². The number of oxime groups is 1. The number of nitrogens with one attached hydrogen (secondary N) is 2. The number of benzene rings is 1. The van der Waals surface area contributed by atoms with Gasteiger partial charge in [-0.2, -0.15) is 0 Å². The van der Waals surface area contributed by atoms with Gasteiger partial charge >= 0.3 is 6.09 Å². The summed E-state index contributed by atoms with van der Waals surface area (Å²) in [4.78, 5) is 11.8. The lowest BCUT2D eigenvalue weighted by Crippen LogP contribution is -2.40. The maximum Gasteiger partial charge on any atom is 0.413 e. The highest BCUT2D eigenvalue weighted by Crippen LogP contribution is 2.16. The van der Waals surface area contributed by atoms with Crippen molar-refractivity contribution < 1.29 is 14.7 Å². The monoisotopic (exact) mass is 295 g/mol. The predicted octanol–water partition coefficient (Wildman–Crippen LogP) is 2.59. The zero-order valence-electron chi connectivity index (χ0n) is 10.5. The van der Waals surface area contributed by atoms with E-state index >= 15 is 0 Å². The maximum atomic E-state index is 11.8. The van der Waals surface area contributed by atoms with Crippen LogP contribution < -0.4 is 10.6 Å². The van der Waals surface area contributed by atoms with Crippen molar-refractivity contribution in [3.63, 3.8) is 0 Å². The first kappa shape index (κ1) is 14.4. The highest BCUT2D eigenvalue weighted by atomic mass is 35.5. The molecular weight excluding hydrogens is 282 g/mol. The third kappa shape index (κ3) is 3.97. The minimum absolute atomic E-state index is 0.520. The number of carbonyl (C=O) groups excluding carboxylic acids is 1. The van der Waals surface area contributed by atoms with E-state index in [1.165, 1.54) is 6.21 Å². The van der Waals surface area contributed by atoms with Crippen LogP contribution in [0.2, 0.25) is 5.02 Å². The number of nitrogens with zero attached hydrogens (tertiary/aromatic N) is 1. The number of carbonyl (C=O) groups is 1. The Labute approximate surface area is 121 Å². The number of amides is 1. The Morgan fingerprint density at radius 3 is 3.20 bits per heavy atom. The van der Waals surface area contributed by atoms with Crippen LogP contribution in [-0.2, 0) is 4.74 Å². The van der Waals surface area contributed by atoms with Crippen LogP contribution in [0.1, 0.15) is 6.42 Å². The Balaban J connectivity index is 1.97. The second-order valence-corrected chi connectivity index (χ2v) is 4.55. The van der Waals surface area contributed by atoms with Gasteiger partial charge in [-0.3, -0.25) is 10.6 Å². The van der Waals surface area contributed by atoms with Crippen molar-refractivity contribution in [1.29, 1.82) is 0 Å². The molecular formula is C13H14ClN3O3. The molecule has 2 rings (SSSR count). The van der Waals surface area contributed by atoms with Gasteiger partial charge in [0.25, 0.3) is 0 Å². The number of hydrogen-bond acceptors (Lipinski definition) is 5. The minimum atomic E-state index is -0.640. The van der Waals surface area contributed by atoms with Crippen LogP contribution in [0, 0.1) is 0 Å².